The first-order chi connectivity index (χ1) is 9.00. The van der Waals surface area contributed by atoms with E-state index in [-0.39, 0.29) is 0 Å². The summed E-state index contributed by atoms with van der Waals surface area (Å²) in [6, 6.07) is 6.00. The van der Waals surface area contributed by atoms with Gasteiger partial charge in [0.25, 0.3) is 19.4 Å². The molecule has 0 heterocycles. The molecule has 0 atom stereocenters. The minimum Gasteiger partial charge on any atom is -0.322 e. The number of benzene rings is 1. The van der Waals surface area contributed by atoms with Crippen molar-refractivity contribution in [2.45, 2.75) is 7.59 Å². The van der Waals surface area contributed by atoms with Gasteiger partial charge in [-0.3, -0.25) is 9.59 Å². The standard InChI is InChI=1S/C10H6Cl6N2O2/c11-9(12,13)7(19)17-5-2-1-3-6(4-5)18-8(20)10(14,15)16/h1-4H,(H,17,19)(H,18,20). The van der Waals surface area contributed by atoms with E-state index < -0.39 is 19.4 Å². The fourth-order valence-corrected chi connectivity index (χ4v) is 1.36. The van der Waals surface area contributed by atoms with Crippen molar-refractivity contribution >= 4 is 92.8 Å². The van der Waals surface area contributed by atoms with E-state index in [1.54, 1.807) is 6.07 Å². The molecule has 10 heteroatoms. The number of hydrogen-bond acceptors (Lipinski definition) is 2. The van der Waals surface area contributed by atoms with E-state index in [0.29, 0.717) is 11.4 Å². The summed E-state index contributed by atoms with van der Waals surface area (Å²) in [7, 11) is 0. The molecule has 0 aromatic heterocycles. The largest absolute Gasteiger partial charge is 0.322 e. The highest BCUT2D eigenvalue weighted by molar-refractivity contribution is 6.77. The van der Waals surface area contributed by atoms with Crippen molar-refractivity contribution in [1.82, 2.24) is 0 Å². The average molecular weight is 399 g/mol. The summed E-state index contributed by atoms with van der Waals surface area (Å²) in [6.07, 6.45) is 0. The van der Waals surface area contributed by atoms with Crippen LogP contribution < -0.4 is 10.6 Å². The topological polar surface area (TPSA) is 58.2 Å². The number of nitrogens with one attached hydrogen (secondary N) is 2. The van der Waals surface area contributed by atoms with E-state index in [9.17, 15) is 9.59 Å². The first-order valence-electron chi connectivity index (χ1n) is 4.86. The van der Waals surface area contributed by atoms with Crippen LogP contribution in [0, 0.1) is 0 Å². The zero-order chi connectivity index (χ0) is 15.6. The smallest absolute Gasteiger partial charge is 0.276 e. The molecule has 4 nitrogen and oxygen atoms in total. The summed E-state index contributed by atoms with van der Waals surface area (Å²) in [4.78, 5) is 22.9. The molecule has 0 fully saturated rings. The van der Waals surface area contributed by atoms with Crippen molar-refractivity contribution in [2.24, 2.45) is 0 Å². The molecule has 0 aliphatic rings. The van der Waals surface area contributed by atoms with Crippen LogP contribution in [-0.2, 0) is 9.59 Å². The third kappa shape index (κ3) is 5.72. The summed E-state index contributed by atoms with van der Waals surface area (Å²) in [5.74, 6) is -1.68. The molecular weight excluding hydrogens is 393 g/mol. The van der Waals surface area contributed by atoms with E-state index in [2.05, 4.69) is 10.6 Å². The van der Waals surface area contributed by atoms with Crippen LogP contribution >= 0.6 is 69.6 Å². The van der Waals surface area contributed by atoms with Gasteiger partial charge < -0.3 is 10.6 Å². The second-order valence-corrected chi connectivity index (χ2v) is 8.05. The Hall–Kier alpha value is -0.100. The number of carbonyl (C=O) groups excluding carboxylic acids is 2. The van der Waals surface area contributed by atoms with Crippen LogP contribution in [-0.4, -0.2) is 19.4 Å². The Morgan fingerprint density at radius 3 is 1.45 bits per heavy atom. The predicted octanol–water partition coefficient (Wildman–Crippen LogP) is 4.30. The summed E-state index contributed by atoms with van der Waals surface area (Å²) < 4.78 is -4.20. The second-order valence-electron chi connectivity index (χ2n) is 3.48. The van der Waals surface area contributed by atoms with Gasteiger partial charge in [0.05, 0.1) is 0 Å². The maximum absolute atomic E-state index is 11.5. The number of rotatable bonds is 2. The molecular formula is C10H6Cl6N2O2. The number of hydrogen-bond donors (Lipinski definition) is 2. The first-order valence-corrected chi connectivity index (χ1v) is 7.13. The Morgan fingerprint density at radius 2 is 1.15 bits per heavy atom. The van der Waals surface area contributed by atoms with Crippen LogP contribution in [0.2, 0.25) is 0 Å². The zero-order valence-electron chi connectivity index (χ0n) is 9.39. The van der Waals surface area contributed by atoms with E-state index >= 15 is 0 Å². The molecule has 0 unspecified atom stereocenters. The molecule has 2 amide bonds. The fourth-order valence-electron chi connectivity index (χ4n) is 1.08. The van der Waals surface area contributed by atoms with Gasteiger partial charge >= 0.3 is 0 Å². The van der Waals surface area contributed by atoms with Crippen LogP contribution in [0.3, 0.4) is 0 Å². The molecule has 0 bridgehead atoms. The van der Waals surface area contributed by atoms with Gasteiger partial charge in [-0.1, -0.05) is 75.7 Å². The Labute approximate surface area is 144 Å². The summed E-state index contributed by atoms with van der Waals surface area (Å²) in [6.45, 7) is 0. The summed E-state index contributed by atoms with van der Waals surface area (Å²) in [5.41, 5.74) is 0.590. The van der Waals surface area contributed by atoms with E-state index in [4.69, 9.17) is 69.6 Å². The van der Waals surface area contributed by atoms with Crippen LogP contribution in [0.5, 0.6) is 0 Å². The highest BCUT2D eigenvalue weighted by atomic mass is 35.6. The second kappa shape index (κ2) is 6.77. The van der Waals surface area contributed by atoms with Gasteiger partial charge in [-0.05, 0) is 18.2 Å². The molecule has 20 heavy (non-hydrogen) atoms. The number of amides is 2. The van der Waals surface area contributed by atoms with Gasteiger partial charge in [0.1, 0.15) is 0 Å². The number of carbonyl (C=O) groups is 2. The lowest BCUT2D eigenvalue weighted by Gasteiger charge is -2.14. The number of anilines is 2. The molecule has 1 aromatic rings. The molecule has 0 radical (unpaired) electrons. The first kappa shape index (κ1) is 18.0. The van der Waals surface area contributed by atoms with Gasteiger partial charge in [-0.25, -0.2) is 0 Å². The lowest BCUT2D eigenvalue weighted by atomic mass is 10.2. The van der Waals surface area contributed by atoms with E-state index in [1.165, 1.54) is 18.2 Å². The van der Waals surface area contributed by atoms with E-state index in [0.717, 1.165) is 0 Å². The lowest BCUT2D eigenvalue weighted by molar-refractivity contribution is -0.116. The van der Waals surface area contributed by atoms with Crippen molar-refractivity contribution < 1.29 is 9.59 Å². The maximum Gasteiger partial charge on any atom is 0.276 e. The Balaban J connectivity index is 2.82. The van der Waals surface area contributed by atoms with Crippen molar-refractivity contribution in [2.75, 3.05) is 10.6 Å². The molecule has 2 N–H and O–H groups in total. The Morgan fingerprint density at radius 1 is 0.800 bits per heavy atom. The van der Waals surface area contributed by atoms with Gasteiger partial charge in [-0.15, -0.1) is 0 Å². The Bertz CT molecular complexity index is 480. The highest BCUT2D eigenvalue weighted by Crippen LogP contribution is 2.29. The van der Waals surface area contributed by atoms with Gasteiger partial charge in [0.15, 0.2) is 0 Å². The van der Waals surface area contributed by atoms with E-state index in [1.807, 2.05) is 0 Å². The quantitative estimate of drug-likeness (QED) is 0.729. The molecule has 110 valence electrons. The fraction of sp³-hybridized carbons (Fsp3) is 0.200. The average Bonchev–Trinajstić information content (AvgIpc) is 2.26. The predicted molar refractivity (Wildman–Crippen MR) is 84.3 cm³/mol. The third-order valence-electron chi connectivity index (χ3n) is 1.89. The maximum atomic E-state index is 11.5. The molecule has 0 aliphatic carbocycles. The van der Waals surface area contributed by atoms with Crippen LogP contribution in [0.1, 0.15) is 0 Å². The van der Waals surface area contributed by atoms with Gasteiger partial charge in [-0.2, -0.15) is 0 Å². The van der Waals surface area contributed by atoms with Crippen molar-refractivity contribution in [1.29, 1.82) is 0 Å². The third-order valence-corrected chi connectivity index (χ3v) is 2.92. The zero-order valence-corrected chi connectivity index (χ0v) is 13.9. The summed E-state index contributed by atoms with van der Waals surface area (Å²) in [5, 5.41) is 4.70. The Kier molecular flexibility index (Phi) is 6.08. The highest BCUT2D eigenvalue weighted by Gasteiger charge is 2.31. The van der Waals surface area contributed by atoms with Crippen molar-refractivity contribution in [3.63, 3.8) is 0 Å². The van der Waals surface area contributed by atoms with Crippen molar-refractivity contribution in [3.8, 4) is 0 Å². The van der Waals surface area contributed by atoms with Crippen LogP contribution in [0.15, 0.2) is 24.3 Å². The molecule has 0 saturated heterocycles. The molecule has 0 saturated carbocycles. The van der Waals surface area contributed by atoms with Crippen LogP contribution in [0.25, 0.3) is 0 Å². The molecule has 0 spiro atoms. The number of alkyl halides is 6. The molecule has 0 aliphatic heterocycles. The number of halogens is 6. The SMILES string of the molecule is O=C(Nc1cccc(NC(=O)C(Cl)(Cl)Cl)c1)C(Cl)(Cl)Cl. The van der Waals surface area contributed by atoms with Crippen LogP contribution in [0.4, 0.5) is 11.4 Å². The molecule has 1 rings (SSSR count). The molecule has 1 aromatic carbocycles. The van der Waals surface area contributed by atoms with Crippen molar-refractivity contribution in [3.05, 3.63) is 24.3 Å². The normalized spacial score (nSPS) is 11.9. The van der Waals surface area contributed by atoms with Gasteiger partial charge in [0, 0.05) is 11.4 Å². The minimum atomic E-state index is -2.10. The summed E-state index contributed by atoms with van der Waals surface area (Å²) >= 11 is 32.5. The lowest BCUT2D eigenvalue weighted by Crippen LogP contribution is -2.28. The monoisotopic (exact) mass is 396 g/mol. The van der Waals surface area contributed by atoms with Gasteiger partial charge in [0.2, 0.25) is 0 Å². The minimum absolute atomic E-state index is 0.295.